The molecule has 2 aromatic carbocycles. The highest BCUT2D eigenvalue weighted by atomic mass is 16.3. The number of carbonyl (C=O) groups excluding carboxylic acids is 1. The lowest BCUT2D eigenvalue weighted by Gasteiger charge is -2.26. The molecule has 4 rings (SSSR count). The van der Waals surface area contributed by atoms with Gasteiger partial charge in [0.1, 0.15) is 5.58 Å². The minimum Gasteiger partial charge on any atom is -0.450 e. The SMILES string of the molecule is Cc1ccc2oc3c(c(=O)c2c1)[C@@H](c1ccc(C(C)(C)C)cc1)N(CCCN(C)C)C3=O. The van der Waals surface area contributed by atoms with Gasteiger partial charge >= 0.3 is 0 Å². The molecular weight excluding hydrogens is 400 g/mol. The maximum Gasteiger partial charge on any atom is 0.290 e. The van der Waals surface area contributed by atoms with E-state index in [9.17, 15) is 9.59 Å². The third-order valence-corrected chi connectivity index (χ3v) is 6.22. The second-order valence-electron chi connectivity index (χ2n) is 10.1. The van der Waals surface area contributed by atoms with Crippen molar-refractivity contribution < 1.29 is 9.21 Å². The van der Waals surface area contributed by atoms with Crippen molar-refractivity contribution in [3.63, 3.8) is 0 Å². The smallest absolute Gasteiger partial charge is 0.290 e. The highest BCUT2D eigenvalue weighted by Crippen LogP contribution is 2.39. The largest absolute Gasteiger partial charge is 0.450 e. The van der Waals surface area contributed by atoms with Gasteiger partial charge in [0.25, 0.3) is 5.91 Å². The van der Waals surface area contributed by atoms with Crippen LogP contribution in [0.25, 0.3) is 11.0 Å². The minimum absolute atomic E-state index is 0.0279. The molecule has 0 radical (unpaired) electrons. The summed E-state index contributed by atoms with van der Waals surface area (Å²) in [6.07, 6.45) is 0.816. The first-order chi connectivity index (χ1) is 15.1. The second kappa shape index (κ2) is 8.21. The molecule has 0 saturated heterocycles. The van der Waals surface area contributed by atoms with Gasteiger partial charge < -0.3 is 14.2 Å². The van der Waals surface area contributed by atoms with Crippen molar-refractivity contribution in [3.05, 3.63) is 80.7 Å². The molecule has 3 aromatic rings. The summed E-state index contributed by atoms with van der Waals surface area (Å²) in [5, 5.41) is 0.531. The van der Waals surface area contributed by atoms with Crippen LogP contribution in [0.2, 0.25) is 0 Å². The number of rotatable bonds is 5. The molecule has 0 N–H and O–H groups in total. The molecule has 32 heavy (non-hydrogen) atoms. The second-order valence-corrected chi connectivity index (χ2v) is 10.1. The number of hydrogen-bond donors (Lipinski definition) is 0. The van der Waals surface area contributed by atoms with Crippen molar-refractivity contribution in [1.29, 1.82) is 0 Å². The van der Waals surface area contributed by atoms with Gasteiger partial charge in [-0.3, -0.25) is 9.59 Å². The van der Waals surface area contributed by atoms with E-state index in [1.165, 1.54) is 5.56 Å². The zero-order valence-corrected chi connectivity index (χ0v) is 19.9. The van der Waals surface area contributed by atoms with E-state index in [1.54, 1.807) is 11.0 Å². The Morgan fingerprint density at radius 1 is 1.03 bits per heavy atom. The lowest BCUT2D eigenvalue weighted by Crippen LogP contribution is -2.32. The monoisotopic (exact) mass is 432 g/mol. The summed E-state index contributed by atoms with van der Waals surface area (Å²) < 4.78 is 6.04. The Morgan fingerprint density at radius 2 is 1.72 bits per heavy atom. The molecule has 1 aliphatic rings. The average Bonchev–Trinajstić information content (AvgIpc) is 3.00. The highest BCUT2D eigenvalue weighted by Gasteiger charge is 2.42. The van der Waals surface area contributed by atoms with Gasteiger partial charge in [0.2, 0.25) is 5.76 Å². The molecule has 0 aliphatic carbocycles. The fourth-order valence-electron chi connectivity index (χ4n) is 4.43. The van der Waals surface area contributed by atoms with Crippen molar-refractivity contribution in [2.24, 2.45) is 0 Å². The number of nitrogens with zero attached hydrogens (tertiary/aromatic N) is 2. The Hall–Kier alpha value is -2.92. The average molecular weight is 433 g/mol. The first-order valence-electron chi connectivity index (χ1n) is 11.2. The van der Waals surface area contributed by atoms with E-state index in [-0.39, 0.29) is 22.5 Å². The van der Waals surface area contributed by atoms with Crippen LogP contribution in [-0.4, -0.2) is 42.9 Å². The van der Waals surface area contributed by atoms with Crippen molar-refractivity contribution >= 4 is 16.9 Å². The molecule has 5 heteroatoms. The van der Waals surface area contributed by atoms with Crippen LogP contribution in [0, 0.1) is 6.92 Å². The molecule has 1 atom stereocenters. The molecule has 0 saturated carbocycles. The number of aryl methyl sites for hydroxylation is 1. The van der Waals surface area contributed by atoms with Crippen LogP contribution in [0.1, 0.15) is 66.0 Å². The summed E-state index contributed by atoms with van der Waals surface area (Å²) in [6, 6.07) is 13.4. The first kappa shape index (κ1) is 22.3. The summed E-state index contributed by atoms with van der Waals surface area (Å²) >= 11 is 0. The van der Waals surface area contributed by atoms with E-state index in [0.29, 0.717) is 23.1 Å². The molecule has 0 unspecified atom stereocenters. The number of carbonyl (C=O) groups is 1. The van der Waals surface area contributed by atoms with Crippen molar-refractivity contribution in [2.45, 2.75) is 45.6 Å². The molecule has 0 fully saturated rings. The van der Waals surface area contributed by atoms with Crippen molar-refractivity contribution in [3.8, 4) is 0 Å². The maximum absolute atomic E-state index is 13.6. The summed E-state index contributed by atoms with van der Waals surface area (Å²) in [5.74, 6) is -0.0238. The Balaban J connectivity index is 1.86. The number of benzene rings is 2. The van der Waals surface area contributed by atoms with Gasteiger partial charge in [0.15, 0.2) is 5.43 Å². The number of amides is 1. The van der Waals surface area contributed by atoms with Crippen LogP contribution < -0.4 is 5.43 Å². The topological polar surface area (TPSA) is 53.8 Å². The van der Waals surface area contributed by atoms with Crippen LogP contribution in [0.15, 0.2) is 51.7 Å². The predicted octanol–water partition coefficient (Wildman–Crippen LogP) is 4.90. The Labute approximate surface area is 189 Å². The maximum atomic E-state index is 13.6. The summed E-state index contributed by atoms with van der Waals surface area (Å²) in [4.78, 5) is 30.9. The van der Waals surface area contributed by atoms with Crippen LogP contribution in [0.5, 0.6) is 0 Å². The van der Waals surface area contributed by atoms with E-state index in [1.807, 2.05) is 45.3 Å². The quantitative estimate of drug-likeness (QED) is 0.576. The van der Waals surface area contributed by atoms with Crippen molar-refractivity contribution in [1.82, 2.24) is 9.80 Å². The zero-order valence-electron chi connectivity index (χ0n) is 19.9. The normalized spacial score (nSPS) is 16.3. The van der Waals surface area contributed by atoms with Gasteiger partial charge in [-0.25, -0.2) is 0 Å². The lowest BCUT2D eigenvalue weighted by molar-refractivity contribution is 0.0722. The van der Waals surface area contributed by atoms with Gasteiger partial charge in [-0.05, 0) is 62.7 Å². The number of hydrogen-bond acceptors (Lipinski definition) is 4. The van der Waals surface area contributed by atoms with Gasteiger partial charge in [-0.2, -0.15) is 0 Å². The molecule has 1 aromatic heterocycles. The van der Waals surface area contributed by atoms with E-state index >= 15 is 0 Å². The lowest BCUT2D eigenvalue weighted by atomic mass is 9.86. The number of fused-ring (bicyclic) bond motifs is 2. The summed E-state index contributed by atoms with van der Waals surface area (Å²) in [5.41, 5.74) is 3.98. The van der Waals surface area contributed by atoms with E-state index in [0.717, 1.165) is 24.1 Å². The zero-order chi connectivity index (χ0) is 23.2. The molecule has 0 bridgehead atoms. The van der Waals surface area contributed by atoms with Gasteiger partial charge in [0, 0.05) is 6.54 Å². The van der Waals surface area contributed by atoms with E-state index in [2.05, 4.69) is 37.8 Å². The molecule has 168 valence electrons. The molecule has 1 aliphatic heterocycles. The van der Waals surface area contributed by atoms with Gasteiger partial charge in [-0.15, -0.1) is 0 Å². The molecule has 1 amide bonds. The van der Waals surface area contributed by atoms with E-state index < -0.39 is 6.04 Å². The molecule has 2 heterocycles. The Morgan fingerprint density at radius 3 is 2.34 bits per heavy atom. The fourth-order valence-corrected chi connectivity index (χ4v) is 4.43. The first-order valence-corrected chi connectivity index (χ1v) is 11.2. The standard InChI is InChI=1S/C27H32N2O3/c1-17-8-13-21-20(16-17)24(30)22-23(18-9-11-19(12-10-18)27(2,3)4)29(15-7-14-28(5)6)26(31)25(22)32-21/h8-13,16,23H,7,14-15H2,1-6H3/t23-/m1/s1. The van der Waals surface area contributed by atoms with E-state index in [4.69, 9.17) is 4.42 Å². The third kappa shape index (κ3) is 3.97. The van der Waals surface area contributed by atoms with Crippen LogP contribution >= 0.6 is 0 Å². The van der Waals surface area contributed by atoms with Gasteiger partial charge in [0.05, 0.1) is 17.0 Å². The minimum atomic E-state index is -0.435. The molecular formula is C27H32N2O3. The fraction of sp³-hybridized carbons (Fsp3) is 0.407. The highest BCUT2D eigenvalue weighted by molar-refractivity contribution is 5.99. The molecule has 0 spiro atoms. The Kier molecular flexibility index (Phi) is 5.72. The Bertz CT molecular complexity index is 1220. The summed E-state index contributed by atoms with van der Waals surface area (Å²) in [6.45, 7) is 9.89. The summed E-state index contributed by atoms with van der Waals surface area (Å²) in [7, 11) is 4.03. The third-order valence-electron chi connectivity index (χ3n) is 6.22. The van der Waals surface area contributed by atoms with Crippen molar-refractivity contribution in [2.75, 3.05) is 27.2 Å². The molecule has 5 nitrogen and oxygen atoms in total. The van der Waals surface area contributed by atoms with Crippen LogP contribution in [-0.2, 0) is 5.41 Å². The van der Waals surface area contributed by atoms with Crippen LogP contribution in [0.4, 0.5) is 0 Å². The van der Waals surface area contributed by atoms with Gasteiger partial charge in [-0.1, -0.05) is 56.7 Å². The van der Waals surface area contributed by atoms with Crippen LogP contribution in [0.3, 0.4) is 0 Å². The predicted molar refractivity (Wildman–Crippen MR) is 128 cm³/mol.